The molecule has 1 saturated heterocycles. The van der Waals surface area contributed by atoms with Crippen molar-refractivity contribution in [3.05, 3.63) is 63.7 Å². The fraction of sp³-hybridized carbons (Fsp3) is 0.250. The van der Waals surface area contributed by atoms with E-state index in [1.807, 2.05) is 37.4 Å². The molecule has 0 aromatic carbocycles. The Balaban J connectivity index is 1.57. The third-order valence-electron chi connectivity index (χ3n) is 6.58. The minimum atomic E-state index is -0.458. The van der Waals surface area contributed by atoms with Crippen LogP contribution in [-0.4, -0.2) is 52.5 Å². The zero-order valence-corrected chi connectivity index (χ0v) is 19.2. The monoisotopic (exact) mass is 471 g/mol. The maximum atomic E-state index is 13.1. The lowest BCUT2D eigenvalue weighted by atomic mass is 10.0. The maximum Gasteiger partial charge on any atom is 0.329 e. The second-order valence-corrected chi connectivity index (χ2v) is 9.18. The molecule has 9 nitrogen and oxygen atoms in total. The summed E-state index contributed by atoms with van der Waals surface area (Å²) in [7, 11) is 0. The van der Waals surface area contributed by atoms with E-state index in [0.29, 0.717) is 27.6 Å². The molecule has 0 spiro atoms. The molecule has 10 heteroatoms. The zero-order valence-electron chi connectivity index (χ0n) is 18.4. The van der Waals surface area contributed by atoms with Gasteiger partial charge in [0.15, 0.2) is 0 Å². The van der Waals surface area contributed by atoms with Crippen LogP contribution in [0.2, 0.25) is 0 Å². The fourth-order valence-electron chi connectivity index (χ4n) is 4.82. The van der Waals surface area contributed by atoms with Gasteiger partial charge in [0.2, 0.25) is 0 Å². The van der Waals surface area contributed by atoms with Gasteiger partial charge < -0.3 is 9.88 Å². The van der Waals surface area contributed by atoms with Gasteiger partial charge >= 0.3 is 5.69 Å². The highest BCUT2D eigenvalue weighted by Crippen LogP contribution is 2.29. The van der Waals surface area contributed by atoms with E-state index in [9.17, 15) is 9.59 Å². The molecule has 0 saturated carbocycles. The van der Waals surface area contributed by atoms with Crippen molar-refractivity contribution >= 4 is 50.2 Å². The van der Waals surface area contributed by atoms with E-state index in [4.69, 9.17) is 17.2 Å². The Morgan fingerprint density at radius 2 is 1.94 bits per heavy atom. The molecule has 0 aliphatic carbocycles. The number of H-pyrrole nitrogens is 2. The molecule has 0 atom stereocenters. The average Bonchev–Trinajstić information content (AvgIpc) is 3.32. The van der Waals surface area contributed by atoms with Gasteiger partial charge in [0.25, 0.3) is 5.56 Å². The van der Waals surface area contributed by atoms with Gasteiger partial charge in [-0.3, -0.25) is 19.3 Å². The fourth-order valence-corrected chi connectivity index (χ4v) is 5.00. The lowest BCUT2D eigenvalue weighted by molar-refractivity contribution is 0.268. The number of aromatic nitrogens is 6. The van der Waals surface area contributed by atoms with Crippen molar-refractivity contribution in [2.24, 2.45) is 0 Å². The first-order valence-electron chi connectivity index (χ1n) is 11.1. The van der Waals surface area contributed by atoms with E-state index in [2.05, 4.69) is 24.8 Å². The number of piperidine rings is 1. The van der Waals surface area contributed by atoms with E-state index in [-0.39, 0.29) is 6.04 Å². The molecule has 2 N–H and O–H groups in total. The second-order valence-electron chi connectivity index (χ2n) is 8.59. The molecule has 1 aliphatic rings. The van der Waals surface area contributed by atoms with Crippen LogP contribution in [0.1, 0.15) is 25.8 Å². The molecular weight excluding hydrogens is 450 g/mol. The topological polar surface area (TPSA) is 113 Å². The van der Waals surface area contributed by atoms with Crippen LogP contribution >= 0.6 is 12.2 Å². The van der Waals surface area contributed by atoms with Crippen molar-refractivity contribution in [3.8, 4) is 11.3 Å². The minimum Gasteiger partial charge on any atom is -0.366 e. The highest BCUT2D eigenvalue weighted by molar-refractivity contribution is 7.80. The van der Waals surface area contributed by atoms with Gasteiger partial charge in [0, 0.05) is 48.7 Å². The Kier molecular flexibility index (Phi) is 4.77. The Labute approximate surface area is 198 Å². The summed E-state index contributed by atoms with van der Waals surface area (Å²) in [5, 5.41) is 1.33. The Morgan fingerprint density at radius 3 is 2.74 bits per heavy atom. The van der Waals surface area contributed by atoms with E-state index in [1.54, 1.807) is 10.8 Å². The number of aromatic amines is 2. The minimum absolute atomic E-state index is 0.0774. The Hall–Kier alpha value is -3.92. The molecule has 34 heavy (non-hydrogen) atoms. The Bertz CT molecular complexity index is 1710. The van der Waals surface area contributed by atoms with Crippen LogP contribution in [0.25, 0.3) is 44.2 Å². The molecule has 1 aliphatic heterocycles. The van der Waals surface area contributed by atoms with Crippen LogP contribution in [0.3, 0.4) is 0 Å². The van der Waals surface area contributed by atoms with Crippen LogP contribution < -0.4 is 11.2 Å². The summed E-state index contributed by atoms with van der Waals surface area (Å²) in [5.41, 5.74) is 3.13. The van der Waals surface area contributed by atoms with Gasteiger partial charge in [-0.15, -0.1) is 0 Å². The van der Waals surface area contributed by atoms with Gasteiger partial charge in [-0.05, 0) is 44.0 Å². The summed E-state index contributed by atoms with van der Waals surface area (Å²) in [5.74, 6) is 0. The molecule has 6 rings (SSSR count). The third-order valence-corrected chi connectivity index (χ3v) is 6.84. The van der Waals surface area contributed by atoms with Crippen molar-refractivity contribution in [2.75, 3.05) is 13.1 Å². The van der Waals surface area contributed by atoms with E-state index >= 15 is 0 Å². The number of hydrogen-bond acceptors (Lipinski definition) is 6. The normalized spacial score (nSPS) is 14.9. The van der Waals surface area contributed by atoms with Crippen LogP contribution in [0.5, 0.6) is 0 Å². The largest absolute Gasteiger partial charge is 0.366 e. The first-order chi connectivity index (χ1) is 16.5. The molecule has 0 bridgehead atoms. The summed E-state index contributed by atoms with van der Waals surface area (Å²) in [6.45, 7) is 3.44. The van der Waals surface area contributed by atoms with E-state index in [1.165, 1.54) is 6.20 Å². The van der Waals surface area contributed by atoms with Crippen LogP contribution in [0, 0.1) is 0 Å². The number of hydrogen-bond donors (Lipinski definition) is 2. The molecule has 0 amide bonds. The van der Waals surface area contributed by atoms with E-state index in [0.717, 1.165) is 47.5 Å². The molecule has 6 heterocycles. The molecule has 1 fully saturated rings. The van der Waals surface area contributed by atoms with E-state index < -0.39 is 11.2 Å². The smallest absolute Gasteiger partial charge is 0.329 e. The van der Waals surface area contributed by atoms with Crippen LogP contribution in [0.15, 0.2) is 52.4 Å². The molecular formula is C24H21N7O2S. The first-order valence-corrected chi connectivity index (χ1v) is 11.5. The van der Waals surface area contributed by atoms with Gasteiger partial charge in [-0.25, -0.2) is 14.8 Å². The van der Waals surface area contributed by atoms with Crippen molar-refractivity contribution in [2.45, 2.75) is 25.8 Å². The lowest BCUT2D eigenvalue weighted by Crippen LogP contribution is -2.41. The quantitative estimate of drug-likeness (QED) is 0.300. The maximum absolute atomic E-state index is 13.1. The predicted molar refractivity (Wildman–Crippen MR) is 135 cm³/mol. The van der Waals surface area contributed by atoms with Crippen molar-refractivity contribution in [1.82, 2.24) is 34.4 Å². The molecule has 170 valence electrons. The number of rotatable bonds is 2. The van der Waals surface area contributed by atoms with Crippen molar-refractivity contribution in [1.29, 1.82) is 0 Å². The first kappa shape index (κ1) is 20.7. The summed E-state index contributed by atoms with van der Waals surface area (Å²) >= 11 is 5.32. The second kappa shape index (κ2) is 7.84. The van der Waals surface area contributed by atoms with Crippen molar-refractivity contribution in [3.63, 3.8) is 0 Å². The van der Waals surface area contributed by atoms with Crippen LogP contribution in [0.4, 0.5) is 0 Å². The van der Waals surface area contributed by atoms with Gasteiger partial charge in [-0.1, -0.05) is 12.2 Å². The summed E-state index contributed by atoms with van der Waals surface area (Å²) in [6.07, 6.45) is 6.61. The lowest BCUT2D eigenvalue weighted by Gasteiger charge is -2.34. The number of pyridine rings is 3. The summed E-state index contributed by atoms with van der Waals surface area (Å²) in [6, 6.07) is 7.63. The van der Waals surface area contributed by atoms with Crippen LogP contribution in [-0.2, 0) is 0 Å². The van der Waals surface area contributed by atoms with Gasteiger partial charge in [0.05, 0.1) is 27.1 Å². The van der Waals surface area contributed by atoms with Crippen molar-refractivity contribution < 1.29 is 0 Å². The zero-order chi connectivity index (χ0) is 23.4. The highest BCUT2D eigenvalue weighted by atomic mass is 32.1. The number of nitrogens with one attached hydrogen (secondary N) is 2. The molecule has 5 aromatic heterocycles. The SMILES string of the molecule is CC(=S)N1CCC(n2c(=O)[nH]c(=O)c3cnc4ccc(-c5cnc6[nH]ccc6c5)nc4c32)CC1. The number of likely N-dealkylation sites (tertiary alicyclic amines) is 1. The Morgan fingerprint density at radius 1 is 1.12 bits per heavy atom. The molecule has 0 unspecified atom stereocenters. The highest BCUT2D eigenvalue weighted by Gasteiger charge is 2.25. The predicted octanol–water partition coefficient (Wildman–Crippen LogP) is 3.16. The number of fused-ring (bicyclic) bond motifs is 4. The number of nitrogens with zero attached hydrogens (tertiary/aromatic N) is 5. The van der Waals surface area contributed by atoms with Gasteiger partial charge in [-0.2, -0.15) is 0 Å². The third kappa shape index (κ3) is 3.29. The average molecular weight is 472 g/mol. The summed E-state index contributed by atoms with van der Waals surface area (Å²) < 4.78 is 1.70. The summed E-state index contributed by atoms with van der Waals surface area (Å²) in [4.78, 5) is 48.2. The molecule has 0 radical (unpaired) electrons. The van der Waals surface area contributed by atoms with Gasteiger partial charge in [0.1, 0.15) is 11.2 Å². The molecule has 5 aromatic rings. The standard InChI is InChI=1S/C24H21N7O2S/c1-13(34)30-8-5-16(6-9-30)31-21-17(23(32)29-24(31)33)12-26-19-3-2-18(28-20(19)21)15-10-14-4-7-25-22(14)27-11-15/h2-4,7,10-12,16H,5-6,8-9H2,1H3,(H,25,27)(H,29,32,33). The number of thiocarbonyl (C=S) groups is 1.